The standard InChI is InChI=1S/C15H20F3N3OS/c1-9(2)21-13-3-4-20(6-12(13)19-14(21)22)5-10-7-23-8-11(10)15(16,17)18/h7-9,12-13H,3-6H2,1-2H3,(H,19,22)/t12-,13+/m1/s1. The van der Waals surface area contributed by atoms with Gasteiger partial charge in [-0.25, -0.2) is 4.79 Å². The number of rotatable bonds is 3. The van der Waals surface area contributed by atoms with E-state index in [2.05, 4.69) is 5.32 Å². The average molecular weight is 347 g/mol. The maximum atomic E-state index is 13.0. The molecule has 2 fully saturated rings. The third-order valence-electron chi connectivity index (χ3n) is 4.56. The molecule has 1 N–H and O–H groups in total. The molecule has 0 aliphatic carbocycles. The van der Waals surface area contributed by atoms with Crippen LogP contribution in [-0.4, -0.2) is 47.0 Å². The summed E-state index contributed by atoms with van der Waals surface area (Å²) in [5, 5.41) is 5.71. The number of alkyl halides is 3. The highest BCUT2D eigenvalue weighted by molar-refractivity contribution is 7.08. The molecule has 2 aliphatic rings. The van der Waals surface area contributed by atoms with Crippen LogP contribution in [0.2, 0.25) is 0 Å². The number of amides is 2. The Kier molecular flexibility index (Phi) is 4.31. The summed E-state index contributed by atoms with van der Waals surface area (Å²) in [6.45, 7) is 5.53. The Morgan fingerprint density at radius 3 is 2.78 bits per heavy atom. The normalized spacial score (nSPS) is 25.8. The van der Waals surface area contributed by atoms with Crippen molar-refractivity contribution in [1.29, 1.82) is 0 Å². The first kappa shape index (κ1) is 16.6. The topological polar surface area (TPSA) is 35.6 Å². The summed E-state index contributed by atoms with van der Waals surface area (Å²) in [5.74, 6) is 0. The molecule has 0 saturated carbocycles. The molecule has 0 radical (unpaired) electrons. The van der Waals surface area contributed by atoms with Crippen molar-refractivity contribution in [2.24, 2.45) is 0 Å². The van der Waals surface area contributed by atoms with Crippen molar-refractivity contribution < 1.29 is 18.0 Å². The van der Waals surface area contributed by atoms with E-state index >= 15 is 0 Å². The molecule has 0 bridgehead atoms. The van der Waals surface area contributed by atoms with Gasteiger partial charge in [-0.15, -0.1) is 0 Å². The molecule has 8 heteroatoms. The number of urea groups is 1. The van der Waals surface area contributed by atoms with E-state index in [1.165, 1.54) is 5.38 Å². The van der Waals surface area contributed by atoms with Crippen LogP contribution in [-0.2, 0) is 12.7 Å². The van der Waals surface area contributed by atoms with Crippen molar-refractivity contribution >= 4 is 17.4 Å². The van der Waals surface area contributed by atoms with E-state index in [0.29, 0.717) is 18.7 Å². The van der Waals surface area contributed by atoms with E-state index in [-0.39, 0.29) is 30.7 Å². The molecule has 1 aromatic rings. The molecule has 0 aromatic carbocycles. The second-order valence-corrected chi connectivity index (χ2v) is 7.20. The van der Waals surface area contributed by atoms with Crippen LogP contribution in [0.3, 0.4) is 0 Å². The minimum absolute atomic E-state index is 0.00776. The highest BCUT2D eigenvalue weighted by Crippen LogP contribution is 2.35. The number of hydrogen-bond donors (Lipinski definition) is 1. The molecule has 0 spiro atoms. The maximum Gasteiger partial charge on any atom is 0.417 e. The zero-order valence-corrected chi connectivity index (χ0v) is 13.9. The number of nitrogens with one attached hydrogen (secondary N) is 1. The van der Waals surface area contributed by atoms with Gasteiger partial charge in [-0.1, -0.05) is 0 Å². The van der Waals surface area contributed by atoms with Crippen LogP contribution < -0.4 is 5.32 Å². The molecule has 2 amide bonds. The van der Waals surface area contributed by atoms with Crippen LogP contribution in [0.5, 0.6) is 0 Å². The van der Waals surface area contributed by atoms with Gasteiger partial charge >= 0.3 is 12.2 Å². The van der Waals surface area contributed by atoms with Gasteiger partial charge in [0.1, 0.15) is 0 Å². The van der Waals surface area contributed by atoms with Crippen molar-refractivity contribution in [3.05, 3.63) is 21.9 Å². The van der Waals surface area contributed by atoms with Gasteiger partial charge in [0.05, 0.1) is 17.6 Å². The monoisotopic (exact) mass is 347 g/mol. The third-order valence-corrected chi connectivity index (χ3v) is 5.35. The Balaban J connectivity index is 1.68. The van der Waals surface area contributed by atoms with Crippen LogP contribution in [0.15, 0.2) is 10.8 Å². The Bertz CT molecular complexity index is 587. The van der Waals surface area contributed by atoms with Gasteiger partial charge in [-0.3, -0.25) is 4.90 Å². The van der Waals surface area contributed by atoms with E-state index in [9.17, 15) is 18.0 Å². The number of nitrogens with zero attached hydrogens (tertiary/aromatic N) is 2. The van der Waals surface area contributed by atoms with Crippen LogP contribution in [0.25, 0.3) is 0 Å². The highest BCUT2D eigenvalue weighted by atomic mass is 32.1. The molecule has 0 unspecified atom stereocenters. The lowest BCUT2D eigenvalue weighted by molar-refractivity contribution is -0.138. The summed E-state index contributed by atoms with van der Waals surface area (Å²) in [5.41, 5.74) is -0.213. The fourth-order valence-electron chi connectivity index (χ4n) is 3.56. The smallest absolute Gasteiger partial charge is 0.332 e. The number of piperidine rings is 1. The van der Waals surface area contributed by atoms with E-state index in [1.54, 1.807) is 5.38 Å². The van der Waals surface area contributed by atoms with Crippen molar-refractivity contribution in [1.82, 2.24) is 15.1 Å². The van der Waals surface area contributed by atoms with E-state index in [0.717, 1.165) is 17.8 Å². The number of likely N-dealkylation sites (tertiary alicyclic amines) is 1. The lowest BCUT2D eigenvalue weighted by Gasteiger charge is -2.38. The molecule has 23 heavy (non-hydrogen) atoms. The second-order valence-electron chi connectivity index (χ2n) is 6.46. The summed E-state index contributed by atoms with van der Waals surface area (Å²) in [6, 6.07) is 0.198. The lowest BCUT2D eigenvalue weighted by atomic mass is 9.98. The number of carbonyl (C=O) groups excluding carboxylic acids is 1. The fourth-order valence-corrected chi connectivity index (χ4v) is 4.42. The van der Waals surface area contributed by atoms with Crippen molar-refractivity contribution in [3.63, 3.8) is 0 Å². The summed E-state index contributed by atoms with van der Waals surface area (Å²) < 4.78 is 38.9. The Morgan fingerprint density at radius 1 is 1.39 bits per heavy atom. The first-order valence-electron chi connectivity index (χ1n) is 7.71. The summed E-state index contributed by atoms with van der Waals surface area (Å²) >= 11 is 1.08. The first-order valence-corrected chi connectivity index (χ1v) is 8.65. The van der Waals surface area contributed by atoms with Gasteiger partial charge in [-0.05, 0) is 31.2 Å². The SMILES string of the molecule is CC(C)N1C(=O)N[C@@H]2CN(Cc3cscc3C(F)(F)F)CC[C@@H]21. The molecule has 2 aliphatic heterocycles. The average Bonchev–Trinajstić information content (AvgIpc) is 3.00. The molecule has 3 heterocycles. The maximum absolute atomic E-state index is 13.0. The van der Waals surface area contributed by atoms with E-state index < -0.39 is 11.7 Å². The third kappa shape index (κ3) is 3.19. The summed E-state index contributed by atoms with van der Waals surface area (Å²) in [4.78, 5) is 15.9. The first-order chi connectivity index (χ1) is 10.8. The van der Waals surface area contributed by atoms with Gasteiger partial charge in [-0.2, -0.15) is 24.5 Å². The Hall–Kier alpha value is -1.28. The quantitative estimate of drug-likeness (QED) is 0.912. The number of thiophene rings is 1. The Labute approximate surface area is 137 Å². The highest BCUT2D eigenvalue weighted by Gasteiger charge is 2.44. The van der Waals surface area contributed by atoms with Crippen molar-refractivity contribution in [2.75, 3.05) is 13.1 Å². The van der Waals surface area contributed by atoms with Crippen LogP contribution >= 0.6 is 11.3 Å². The van der Waals surface area contributed by atoms with E-state index in [4.69, 9.17) is 0 Å². The molecule has 4 nitrogen and oxygen atoms in total. The zero-order valence-electron chi connectivity index (χ0n) is 13.1. The lowest BCUT2D eigenvalue weighted by Crippen LogP contribution is -2.51. The Morgan fingerprint density at radius 2 is 2.13 bits per heavy atom. The molecule has 2 atom stereocenters. The predicted molar refractivity (Wildman–Crippen MR) is 82.3 cm³/mol. The zero-order chi connectivity index (χ0) is 16.8. The van der Waals surface area contributed by atoms with Crippen LogP contribution in [0.1, 0.15) is 31.4 Å². The second kappa shape index (κ2) is 5.98. The predicted octanol–water partition coefficient (Wildman–Crippen LogP) is 3.14. The number of fused-ring (bicyclic) bond motifs is 1. The van der Waals surface area contributed by atoms with Gasteiger partial charge in [0.2, 0.25) is 0 Å². The molecule has 128 valence electrons. The van der Waals surface area contributed by atoms with Crippen LogP contribution in [0.4, 0.5) is 18.0 Å². The van der Waals surface area contributed by atoms with Crippen molar-refractivity contribution in [3.8, 4) is 0 Å². The molecular weight excluding hydrogens is 327 g/mol. The summed E-state index contributed by atoms with van der Waals surface area (Å²) in [6.07, 6.45) is -3.52. The minimum Gasteiger partial charge on any atom is -0.332 e. The van der Waals surface area contributed by atoms with Gasteiger partial charge < -0.3 is 10.2 Å². The van der Waals surface area contributed by atoms with Gasteiger partial charge in [0.25, 0.3) is 0 Å². The number of carbonyl (C=O) groups is 1. The summed E-state index contributed by atoms with van der Waals surface area (Å²) in [7, 11) is 0. The molecule has 2 saturated heterocycles. The number of hydrogen-bond acceptors (Lipinski definition) is 3. The number of halogens is 3. The van der Waals surface area contributed by atoms with Gasteiger partial charge in [0.15, 0.2) is 0 Å². The van der Waals surface area contributed by atoms with Crippen molar-refractivity contribution in [2.45, 2.75) is 51.1 Å². The molecule has 1 aromatic heterocycles. The molecule has 3 rings (SSSR count). The molecular formula is C15H20F3N3OS. The largest absolute Gasteiger partial charge is 0.417 e. The minimum atomic E-state index is -4.30. The fraction of sp³-hybridized carbons (Fsp3) is 0.667. The van der Waals surface area contributed by atoms with Gasteiger partial charge in [0, 0.05) is 31.1 Å². The van der Waals surface area contributed by atoms with E-state index in [1.807, 2.05) is 23.6 Å². The van der Waals surface area contributed by atoms with Crippen LogP contribution in [0, 0.1) is 0 Å².